The Balaban J connectivity index is 1.96. The summed E-state index contributed by atoms with van der Waals surface area (Å²) in [6.45, 7) is 1.69. The van der Waals surface area contributed by atoms with E-state index in [4.69, 9.17) is 5.73 Å². The fourth-order valence-corrected chi connectivity index (χ4v) is 2.92. The zero-order chi connectivity index (χ0) is 15.4. The maximum absolute atomic E-state index is 12.5. The van der Waals surface area contributed by atoms with Crippen molar-refractivity contribution in [2.75, 3.05) is 27.2 Å². The molecule has 0 spiro atoms. The van der Waals surface area contributed by atoms with Crippen molar-refractivity contribution in [3.63, 3.8) is 0 Å². The van der Waals surface area contributed by atoms with Crippen LogP contribution < -0.4 is 5.73 Å². The van der Waals surface area contributed by atoms with Crippen molar-refractivity contribution in [2.45, 2.75) is 31.3 Å². The number of likely N-dealkylation sites (N-methyl/N-ethyl adjacent to an activating group) is 1. The Bertz CT molecular complexity index is 473. The lowest BCUT2D eigenvalue weighted by molar-refractivity contribution is -0.133. The van der Waals surface area contributed by atoms with Gasteiger partial charge in [0.2, 0.25) is 5.91 Å². The Morgan fingerprint density at radius 2 is 2.10 bits per heavy atom. The van der Waals surface area contributed by atoms with Gasteiger partial charge in [0.1, 0.15) is 5.75 Å². The van der Waals surface area contributed by atoms with Crippen LogP contribution in [0.15, 0.2) is 24.3 Å². The van der Waals surface area contributed by atoms with E-state index >= 15 is 0 Å². The highest BCUT2D eigenvalue weighted by Gasteiger charge is 2.31. The van der Waals surface area contributed by atoms with Crippen LogP contribution >= 0.6 is 0 Å². The molecule has 5 nitrogen and oxygen atoms in total. The molecule has 3 N–H and O–H groups in total. The highest BCUT2D eigenvalue weighted by Crippen LogP contribution is 2.19. The summed E-state index contributed by atoms with van der Waals surface area (Å²) in [5.74, 6) is 0.261. The highest BCUT2D eigenvalue weighted by molar-refractivity contribution is 5.82. The maximum atomic E-state index is 12.5. The van der Waals surface area contributed by atoms with Crippen LogP contribution in [0.5, 0.6) is 5.75 Å². The number of rotatable bonds is 5. The van der Waals surface area contributed by atoms with Crippen LogP contribution in [0.25, 0.3) is 0 Å². The van der Waals surface area contributed by atoms with Crippen LogP contribution in [0, 0.1) is 0 Å². The van der Waals surface area contributed by atoms with Crippen LogP contribution in [0.1, 0.15) is 18.4 Å². The quantitative estimate of drug-likeness (QED) is 0.842. The third-order valence-electron chi connectivity index (χ3n) is 3.95. The number of phenols is 1. The topological polar surface area (TPSA) is 69.8 Å². The molecule has 1 aliphatic heterocycles. The molecule has 1 aromatic rings. The van der Waals surface area contributed by atoms with Gasteiger partial charge in [-0.2, -0.15) is 0 Å². The standard InChI is InChI=1S/C16H25N3O2/c1-18(2)11-13-4-3-9-19(13)16(21)15(17)10-12-5-7-14(20)8-6-12/h5-8,13,15,20H,3-4,9-11,17H2,1-2H3/t13?,15-/m1/s1. The number of hydrogen-bond acceptors (Lipinski definition) is 4. The second-order valence-electron chi connectivity index (χ2n) is 6.07. The predicted octanol–water partition coefficient (Wildman–Crippen LogP) is 0.815. The maximum Gasteiger partial charge on any atom is 0.240 e. The summed E-state index contributed by atoms with van der Waals surface area (Å²) in [7, 11) is 4.05. The first kappa shape index (κ1) is 15.8. The van der Waals surface area contributed by atoms with E-state index < -0.39 is 6.04 Å². The van der Waals surface area contributed by atoms with Crippen LogP contribution in [-0.2, 0) is 11.2 Å². The molecular formula is C16H25N3O2. The van der Waals surface area contributed by atoms with Gasteiger partial charge >= 0.3 is 0 Å². The number of phenolic OH excluding ortho intramolecular Hbond substituents is 1. The average Bonchev–Trinajstić information content (AvgIpc) is 2.87. The number of hydrogen-bond donors (Lipinski definition) is 2. The molecule has 1 aliphatic rings. The second kappa shape index (κ2) is 6.91. The minimum Gasteiger partial charge on any atom is -0.508 e. The number of amides is 1. The summed E-state index contributed by atoms with van der Waals surface area (Å²) in [6.07, 6.45) is 2.61. The van der Waals surface area contributed by atoms with E-state index in [1.165, 1.54) is 0 Å². The lowest BCUT2D eigenvalue weighted by Gasteiger charge is -2.29. The SMILES string of the molecule is CN(C)CC1CCCN1C(=O)[C@H](N)Cc1ccc(O)cc1. The van der Waals surface area contributed by atoms with Crippen LogP contribution in [0.2, 0.25) is 0 Å². The third-order valence-corrected chi connectivity index (χ3v) is 3.95. The molecule has 1 saturated heterocycles. The number of carbonyl (C=O) groups is 1. The Morgan fingerprint density at radius 3 is 2.71 bits per heavy atom. The number of nitrogens with zero attached hydrogens (tertiary/aromatic N) is 2. The van der Waals surface area contributed by atoms with Gasteiger partial charge in [0.05, 0.1) is 6.04 Å². The van der Waals surface area contributed by atoms with Crippen molar-refractivity contribution < 1.29 is 9.90 Å². The molecule has 2 atom stereocenters. The van der Waals surface area contributed by atoms with E-state index in [0.717, 1.165) is 31.5 Å². The monoisotopic (exact) mass is 291 g/mol. The van der Waals surface area contributed by atoms with Gasteiger partial charge < -0.3 is 20.6 Å². The van der Waals surface area contributed by atoms with Gasteiger partial charge in [0, 0.05) is 19.1 Å². The lowest BCUT2D eigenvalue weighted by Crippen LogP contribution is -2.49. The summed E-state index contributed by atoms with van der Waals surface area (Å²) in [4.78, 5) is 16.6. The molecule has 1 fully saturated rings. The van der Waals surface area contributed by atoms with Crippen LogP contribution in [-0.4, -0.2) is 60.1 Å². The number of likely N-dealkylation sites (tertiary alicyclic amines) is 1. The van der Waals surface area contributed by atoms with E-state index in [0.29, 0.717) is 6.42 Å². The number of nitrogens with two attached hydrogens (primary N) is 1. The molecule has 1 amide bonds. The smallest absolute Gasteiger partial charge is 0.240 e. The fourth-order valence-electron chi connectivity index (χ4n) is 2.92. The van der Waals surface area contributed by atoms with Crippen molar-refractivity contribution in [2.24, 2.45) is 5.73 Å². The first-order valence-electron chi connectivity index (χ1n) is 7.46. The largest absolute Gasteiger partial charge is 0.508 e. The third kappa shape index (κ3) is 4.19. The van der Waals surface area contributed by atoms with Crippen LogP contribution in [0.4, 0.5) is 0 Å². The van der Waals surface area contributed by atoms with Crippen molar-refractivity contribution in [3.8, 4) is 5.75 Å². The summed E-state index contributed by atoms with van der Waals surface area (Å²) in [5.41, 5.74) is 7.06. The van der Waals surface area contributed by atoms with Crippen LogP contribution in [0.3, 0.4) is 0 Å². The molecule has 5 heteroatoms. The van der Waals surface area contributed by atoms with Gasteiger partial charge in [-0.05, 0) is 51.1 Å². The minimum absolute atomic E-state index is 0.0347. The zero-order valence-electron chi connectivity index (χ0n) is 12.8. The van der Waals surface area contributed by atoms with E-state index in [-0.39, 0.29) is 17.7 Å². The van der Waals surface area contributed by atoms with Gasteiger partial charge in [-0.25, -0.2) is 0 Å². The van der Waals surface area contributed by atoms with Crippen molar-refractivity contribution in [1.82, 2.24) is 9.80 Å². The summed E-state index contributed by atoms with van der Waals surface area (Å²) in [5, 5.41) is 9.28. The Morgan fingerprint density at radius 1 is 1.43 bits per heavy atom. The normalized spacial score (nSPS) is 20.0. The van der Waals surface area contributed by atoms with E-state index in [1.54, 1.807) is 12.1 Å². The molecule has 1 aromatic carbocycles. The van der Waals surface area contributed by atoms with Gasteiger partial charge in [-0.3, -0.25) is 4.79 Å². The average molecular weight is 291 g/mol. The molecular weight excluding hydrogens is 266 g/mol. The van der Waals surface area contributed by atoms with Gasteiger partial charge in [0.25, 0.3) is 0 Å². The highest BCUT2D eigenvalue weighted by atomic mass is 16.3. The molecule has 116 valence electrons. The molecule has 1 heterocycles. The summed E-state index contributed by atoms with van der Waals surface area (Å²) in [6, 6.07) is 6.62. The van der Waals surface area contributed by atoms with E-state index in [9.17, 15) is 9.90 Å². The molecule has 21 heavy (non-hydrogen) atoms. The van der Waals surface area contributed by atoms with E-state index in [2.05, 4.69) is 4.90 Å². The molecule has 0 saturated carbocycles. The zero-order valence-corrected chi connectivity index (χ0v) is 12.8. The molecule has 2 rings (SSSR count). The van der Waals surface area contributed by atoms with Gasteiger partial charge in [0.15, 0.2) is 0 Å². The Labute approximate surface area is 126 Å². The predicted molar refractivity (Wildman–Crippen MR) is 83.1 cm³/mol. The van der Waals surface area contributed by atoms with Gasteiger partial charge in [-0.1, -0.05) is 12.1 Å². The first-order valence-corrected chi connectivity index (χ1v) is 7.46. The molecule has 0 aliphatic carbocycles. The van der Waals surface area contributed by atoms with Crippen molar-refractivity contribution in [1.29, 1.82) is 0 Å². The first-order chi connectivity index (χ1) is 9.97. The van der Waals surface area contributed by atoms with Crippen molar-refractivity contribution in [3.05, 3.63) is 29.8 Å². The molecule has 1 unspecified atom stereocenters. The van der Waals surface area contributed by atoms with Gasteiger partial charge in [-0.15, -0.1) is 0 Å². The lowest BCUT2D eigenvalue weighted by atomic mass is 10.0. The number of aromatic hydroxyl groups is 1. The number of carbonyl (C=O) groups excluding carboxylic acids is 1. The summed E-state index contributed by atoms with van der Waals surface area (Å²) >= 11 is 0. The minimum atomic E-state index is -0.516. The van der Waals surface area contributed by atoms with Crippen molar-refractivity contribution >= 4 is 5.91 Å². The Kier molecular flexibility index (Phi) is 5.20. The molecule has 0 bridgehead atoms. The second-order valence-corrected chi connectivity index (χ2v) is 6.07. The Hall–Kier alpha value is -1.59. The fraction of sp³-hybridized carbons (Fsp3) is 0.562. The molecule has 0 radical (unpaired) electrons. The summed E-state index contributed by atoms with van der Waals surface area (Å²) < 4.78 is 0. The number of benzene rings is 1. The molecule has 0 aromatic heterocycles. The van der Waals surface area contributed by atoms with E-state index in [1.807, 2.05) is 31.1 Å².